The highest BCUT2D eigenvalue weighted by Gasteiger charge is 2.18. The lowest BCUT2D eigenvalue weighted by Gasteiger charge is -2.23. The van der Waals surface area contributed by atoms with Gasteiger partial charge in [0.1, 0.15) is 5.75 Å². The molecule has 1 aromatic heterocycles. The maximum absolute atomic E-state index is 11.7. The van der Waals surface area contributed by atoms with Crippen LogP contribution in [0.2, 0.25) is 0 Å². The van der Waals surface area contributed by atoms with Gasteiger partial charge in [-0.3, -0.25) is 0 Å². The molecule has 0 spiro atoms. The molecule has 2 aromatic rings. The van der Waals surface area contributed by atoms with Gasteiger partial charge in [0.15, 0.2) is 0 Å². The van der Waals surface area contributed by atoms with Crippen LogP contribution in [0.3, 0.4) is 0 Å². The first-order valence-electron chi connectivity index (χ1n) is 6.39. The van der Waals surface area contributed by atoms with Gasteiger partial charge in [-0.15, -0.1) is 0 Å². The van der Waals surface area contributed by atoms with Crippen molar-refractivity contribution in [2.75, 3.05) is 0 Å². The highest BCUT2D eigenvalue weighted by Crippen LogP contribution is 2.28. The van der Waals surface area contributed by atoms with Crippen molar-refractivity contribution in [3.8, 4) is 5.75 Å². The minimum absolute atomic E-state index is 0.129. The summed E-state index contributed by atoms with van der Waals surface area (Å²) in [5.41, 5.74) is 1.36. The van der Waals surface area contributed by atoms with E-state index in [0.29, 0.717) is 5.75 Å². The summed E-state index contributed by atoms with van der Waals surface area (Å²) in [6.07, 6.45) is 2.50. The van der Waals surface area contributed by atoms with Crippen LogP contribution in [0.25, 0.3) is 0 Å². The normalized spacial score (nSPS) is 11.3. The predicted molar refractivity (Wildman–Crippen MR) is 73.4 cm³/mol. The Labute approximate surface area is 113 Å². The predicted octanol–water partition coefficient (Wildman–Crippen LogP) is 4.19. The maximum atomic E-state index is 11.7. The van der Waals surface area contributed by atoms with Crippen LogP contribution < -0.4 is 4.74 Å². The van der Waals surface area contributed by atoms with Crippen molar-refractivity contribution in [1.82, 2.24) is 0 Å². The van der Waals surface area contributed by atoms with E-state index in [0.717, 1.165) is 6.42 Å². The molecule has 3 heteroatoms. The van der Waals surface area contributed by atoms with Gasteiger partial charge in [0.05, 0.1) is 6.26 Å². The topological polar surface area (TPSA) is 39.4 Å². The van der Waals surface area contributed by atoms with E-state index in [1.165, 1.54) is 11.8 Å². The second kappa shape index (κ2) is 5.31. The van der Waals surface area contributed by atoms with Gasteiger partial charge in [-0.1, -0.05) is 32.9 Å². The molecule has 0 unspecified atom stereocenters. The molecule has 0 radical (unpaired) electrons. The summed E-state index contributed by atoms with van der Waals surface area (Å²) in [4.78, 5) is 11.7. The quantitative estimate of drug-likeness (QED) is 0.610. The molecule has 0 bridgehead atoms. The molecule has 0 atom stereocenters. The van der Waals surface area contributed by atoms with Crippen LogP contribution in [-0.2, 0) is 5.41 Å². The number of hydrogen-bond acceptors (Lipinski definition) is 3. The molecule has 100 valence electrons. The number of hydrogen-bond donors (Lipinski definition) is 0. The van der Waals surface area contributed by atoms with Crippen molar-refractivity contribution in [2.45, 2.75) is 32.6 Å². The summed E-state index contributed by atoms with van der Waals surface area (Å²) in [5, 5.41) is 0. The van der Waals surface area contributed by atoms with Gasteiger partial charge in [0.2, 0.25) is 5.76 Å². The van der Waals surface area contributed by atoms with Gasteiger partial charge in [0, 0.05) is 0 Å². The van der Waals surface area contributed by atoms with Gasteiger partial charge in [-0.2, -0.15) is 0 Å². The van der Waals surface area contributed by atoms with Gasteiger partial charge in [-0.05, 0) is 41.7 Å². The van der Waals surface area contributed by atoms with Crippen molar-refractivity contribution in [2.24, 2.45) is 0 Å². The van der Waals surface area contributed by atoms with Crippen LogP contribution in [-0.4, -0.2) is 5.97 Å². The minimum Gasteiger partial charge on any atom is -0.457 e. The molecule has 0 N–H and O–H groups in total. The van der Waals surface area contributed by atoms with Crippen LogP contribution in [0.4, 0.5) is 0 Å². The molecular formula is C16H18O3. The monoisotopic (exact) mass is 258 g/mol. The summed E-state index contributed by atoms with van der Waals surface area (Å²) in [6, 6.07) is 10.9. The molecule has 0 aliphatic rings. The Morgan fingerprint density at radius 1 is 1.21 bits per heavy atom. The minimum atomic E-state index is -0.479. The molecule has 0 aliphatic carbocycles. The highest BCUT2D eigenvalue weighted by molar-refractivity contribution is 5.88. The third-order valence-corrected chi connectivity index (χ3v) is 3.45. The van der Waals surface area contributed by atoms with Crippen LogP contribution in [0.1, 0.15) is 43.3 Å². The van der Waals surface area contributed by atoms with Crippen molar-refractivity contribution < 1.29 is 13.9 Å². The van der Waals surface area contributed by atoms with Crippen LogP contribution >= 0.6 is 0 Å². The van der Waals surface area contributed by atoms with E-state index >= 15 is 0 Å². The summed E-state index contributed by atoms with van der Waals surface area (Å²) in [7, 11) is 0. The standard InChI is InChI=1S/C16H18O3/c1-4-16(2,3)12-7-9-13(10-8-12)19-15(17)14-6-5-11-18-14/h5-11H,4H2,1-3H3. The summed E-state index contributed by atoms with van der Waals surface area (Å²) in [6.45, 7) is 6.54. The number of benzene rings is 1. The number of esters is 1. The van der Waals surface area contributed by atoms with Gasteiger partial charge >= 0.3 is 5.97 Å². The molecule has 0 saturated heterocycles. The van der Waals surface area contributed by atoms with Crippen LogP contribution in [0.5, 0.6) is 5.75 Å². The van der Waals surface area contributed by atoms with Gasteiger partial charge in [-0.25, -0.2) is 4.79 Å². The van der Waals surface area contributed by atoms with E-state index in [4.69, 9.17) is 9.15 Å². The molecule has 0 fully saturated rings. The second-order valence-corrected chi connectivity index (χ2v) is 5.13. The zero-order valence-electron chi connectivity index (χ0n) is 11.5. The SMILES string of the molecule is CCC(C)(C)c1ccc(OC(=O)c2ccco2)cc1. The molecular weight excluding hydrogens is 240 g/mol. The van der Waals surface area contributed by atoms with E-state index in [2.05, 4.69) is 20.8 Å². The highest BCUT2D eigenvalue weighted by atomic mass is 16.5. The Balaban J connectivity index is 2.09. The van der Waals surface area contributed by atoms with Crippen molar-refractivity contribution >= 4 is 5.97 Å². The zero-order chi connectivity index (χ0) is 13.9. The molecule has 0 saturated carbocycles. The Hall–Kier alpha value is -2.03. The fraction of sp³-hybridized carbons (Fsp3) is 0.312. The average molecular weight is 258 g/mol. The Morgan fingerprint density at radius 3 is 2.42 bits per heavy atom. The largest absolute Gasteiger partial charge is 0.457 e. The first-order chi connectivity index (χ1) is 9.03. The average Bonchev–Trinajstić information content (AvgIpc) is 2.93. The summed E-state index contributed by atoms with van der Waals surface area (Å²) >= 11 is 0. The number of furan rings is 1. The van der Waals surface area contributed by atoms with Crippen LogP contribution in [0, 0.1) is 0 Å². The Bertz CT molecular complexity index is 536. The number of ether oxygens (including phenoxy) is 1. The maximum Gasteiger partial charge on any atom is 0.379 e. The third kappa shape index (κ3) is 3.05. The lowest BCUT2D eigenvalue weighted by molar-refractivity contribution is 0.0701. The molecule has 19 heavy (non-hydrogen) atoms. The first-order valence-corrected chi connectivity index (χ1v) is 6.39. The fourth-order valence-corrected chi connectivity index (χ4v) is 1.73. The molecule has 0 aliphatic heterocycles. The third-order valence-electron chi connectivity index (χ3n) is 3.45. The van der Waals surface area contributed by atoms with Gasteiger partial charge in [0.25, 0.3) is 0 Å². The van der Waals surface area contributed by atoms with E-state index in [1.54, 1.807) is 12.1 Å². The van der Waals surface area contributed by atoms with Crippen LogP contribution in [0.15, 0.2) is 47.1 Å². The van der Waals surface area contributed by atoms with Crippen molar-refractivity contribution in [3.05, 3.63) is 54.0 Å². The molecule has 3 nitrogen and oxygen atoms in total. The lowest BCUT2D eigenvalue weighted by atomic mass is 9.82. The van der Waals surface area contributed by atoms with Crippen molar-refractivity contribution in [3.63, 3.8) is 0 Å². The number of carbonyl (C=O) groups is 1. The summed E-state index contributed by atoms with van der Waals surface area (Å²) in [5.74, 6) is 0.252. The Kier molecular flexibility index (Phi) is 3.74. The van der Waals surface area contributed by atoms with E-state index in [-0.39, 0.29) is 11.2 Å². The first kappa shape index (κ1) is 13.4. The fourth-order valence-electron chi connectivity index (χ4n) is 1.73. The second-order valence-electron chi connectivity index (χ2n) is 5.13. The van der Waals surface area contributed by atoms with E-state index < -0.39 is 5.97 Å². The smallest absolute Gasteiger partial charge is 0.379 e. The molecule has 0 amide bonds. The van der Waals surface area contributed by atoms with Crippen molar-refractivity contribution in [1.29, 1.82) is 0 Å². The number of carbonyl (C=O) groups excluding carboxylic acids is 1. The van der Waals surface area contributed by atoms with Gasteiger partial charge < -0.3 is 9.15 Å². The number of rotatable bonds is 4. The molecule has 1 aromatic carbocycles. The Morgan fingerprint density at radius 2 is 1.89 bits per heavy atom. The summed E-state index contributed by atoms with van der Waals surface area (Å²) < 4.78 is 10.2. The zero-order valence-corrected chi connectivity index (χ0v) is 11.5. The molecule has 2 rings (SSSR count). The molecule has 1 heterocycles. The lowest BCUT2D eigenvalue weighted by Crippen LogP contribution is -2.15. The van der Waals surface area contributed by atoms with E-state index in [9.17, 15) is 4.79 Å². The van der Waals surface area contributed by atoms with E-state index in [1.807, 2.05) is 24.3 Å².